The Morgan fingerprint density at radius 3 is 2.14 bits per heavy atom. The molecule has 146 valence electrons. The first kappa shape index (κ1) is 21.1. The van der Waals surface area contributed by atoms with Crippen LogP contribution in [0.4, 0.5) is 0 Å². The lowest BCUT2D eigenvalue weighted by Gasteiger charge is -2.05. The number of benzene rings is 1. The molecule has 6 heteroatoms. The van der Waals surface area contributed by atoms with E-state index in [-0.39, 0.29) is 5.57 Å². The average molecular weight is 386 g/mol. The predicted octanol–water partition coefficient (Wildman–Crippen LogP) is 4.67. The minimum Gasteiger partial charge on any atom is -0.366 e. The van der Waals surface area contributed by atoms with Gasteiger partial charge in [0.15, 0.2) is 5.75 Å². The van der Waals surface area contributed by atoms with Gasteiger partial charge in [-0.25, -0.2) is 0 Å². The second-order valence-corrected chi connectivity index (χ2v) is 5.53. The molecule has 2 rings (SSSR count). The summed E-state index contributed by atoms with van der Waals surface area (Å²) in [5.41, 5.74) is 8.91. The maximum absolute atomic E-state index is 11.5. The third-order valence-electron chi connectivity index (χ3n) is 3.44. The van der Waals surface area contributed by atoms with Crippen molar-refractivity contribution in [2.45, 2.75) is 0 Å². The van der Waals surface area contributed by atoms with Gasteiger partial charge >= 0.3 is 0 Å². The van der Waals surface area contributed by atoms with E-state index in [2.05, 4.69) is 15.9 Å². The van der Waals surface area contributed by atoms with Crippen molar-refractivity contribution in [3.63, 3.8) is 0 Å². The minimum atomic E-state index is -0.567. The molecule has 1 aliphatic heterocycles. The molecule has 0 spiro atoms. The number of para-hydroxylation sites is 1. The standard InChI is InChI=1S/C23H22N4O2/c24-23(28)21-16-11-9-7-5-3-1-2-4-6-8-10-14-20-15-12-13-17-22(20)29-27-26-25-19-18-21/h1-19H,(H2,24,28)(H,25,27)/b3-1-,4-2-,7-5-,8-6-,11-9-,14-10-,19-18-,21-16+. The van der Waals surface area contributed by atoms with E-state index in [4.69, 9.17) is 10.6 Å². The maximum Gasteiger partial charge on any atom is 0.248 e. The Balaban J connectivity index is 2.20. The van der Waals surface area contributed by atoms with Gasteiger partial charge in [0, 0.05) is 11.1 Å². The van der Waals surface area contributed by atoms with Gasteiger partial charge < -0.3 is 10.6 Å². The van der Waals surface area contributed by atoms with E-state index in [0.29, 0.717) is 5.75 Å². The summed E-state index contributed by atoms with van der Waals surface area (Å²) in [5, 5.41) is 7.45. The molecular formula is C23H22N4O2. The minimum absolute atomic E-state index is 0.289. The van der Waals surface area contributed by atoms with Gasteiger partial charge in [-0.3, -0.25) is 4.79 Å². The Labute approximate surface area is 170 Å². The van der Waals surface area contributed by atoms with E-state index in [1.807, 2.05) is 79.0 Å². The first-order chi connectivity index (χ1) is 14.3. The number of hydrogen-bond acceptors (Lipinski definition) is 5. The number of nitrogens with zero attached hydrogens (tertiary/aromatic N) is 2. The molecule has 0 aliphatic carbocycles. The van der Waals surface area contributed by atoms with Crippen molar-refractivity contribution in [1.29, 1.82) is 0 Å². The topological polar surface area (TPSA) is 89.1 Å². The quantitative estimate of drug-likeness (QED) is 0.735. The first-order valence-corrected chi connectivity index (χ1v) is 8.86. The molecular weight excluding hydrogens is 364 g/mol. The van der Waals surface area contributed by atoms with Crippen molar-refractivity contribution in [3.05, 3.63) is 121 Å². The molecule has 0 fully saturated rings. The SMILES string of the molecule is NC(=O)C1=C/C=C\C=C/C=C\C=C/C=C\C=C/c2ccccc2ON/N=N/C=C\1. The van der Waals surface area contributed by atoms with E-state index >= 15 is 0 Å². The zero-order chi connectivity index (χ0) is 20.6. The second-order valence-electron chi connectivity index (χ2n) is 5.53. The Kier molecular flexibility index (Phi) is 9.50. The molecule has 6 nitrogen and oxygen atoms in total. The van der Waals surface area contributed by atoms with Gasteiger partial charge in [0.05, 0.1) is 6.20 Å². The highest BCUT2D eigenvalue weighted by Gasteiger charge is 1.99. The Morgan fingerprint density at radius 2 is 1.45 bits per heavy atom. The van der Waals surface area contributed by atoms with Crippen LogP contribution < -0.4 is 16.2 Å². The van der Waals surface area contributed by atoms with Crippen LogP contribution >= 0.6 is 0 Å². The van der Waals surface area contributed by atoms with Crippen molar-refractivity contribution in [2.75, 3.05) is 0 Å². The van der Waals surface area contributed by atoms with Gasteiger partial charge in [-0.1, -0.05) is 91.1 Å². The molecule has 0 saturated heterocycles. The molecule has 0 bridgehead atoms. The zero-order valence-corrected chi connectivity index (χ0v) is 15.8. The van der Waals surface area contributed by atoms with E-state index in [1.54, 1.807) is 24.3 Å². The van der Waals surface area contributed by atoms with E-state index in [1.165, 1.54) is 12.3 Å². The zero-order valence-electron chi connectivity index (χ0n) is 15.8. The predicted molar refractivity (Wildman–Crippen MR) is 116 cm³/mol. The van der Waals surface area contributed by atoms with Crippen LogP contribution in [0, 0.1) is 0 Å². The van der Waals surface area contributed by atoms with Crippen LogP contribution in [-0.4, -0.2) is 5.91 Å². The average Bonchev–Trinajstić information content (AvgIpc) is 2.72. The van der Waals surface area contributed by atoms with Crippen LogP contribution in [0.5, 0.6) is 5.75 Å². The monoisotopic (exact) mass is 386 g/mol. The fourth-order valence-electron chi connectivity index (χ4n) is 2.07. The van der Waals surface area contributed by atoms with E-state index in [9.17, 15) is 4.79 Å². The van der Waals surface area contributed by atoms with Crippen molar-refractivity contribution in [3.8, 4) is 5.75 Å². The van der Waals surface area contributed by atoms with Crippen molar-refractivity contribution >= 4 is 12.0 Å². The highest BCUT2D eigenvalue weighted by molar-refractivity contribution is 5.95. The lowest BCUT2D eigenvalue weighted by Crippen LogP contribution is -2.12. The summed E-state index contributed by atoms with van der Waals surface area (Å²) in [6, 6.07) is 7.49. The van der Waals surface area contributed by atoms with Gasteiger partial charge in [0.2, 0.25) is 5.91 Å². The van der Waals surface area contributed by atoms with Crippen LogP contribution in [0.3, 0.4) is 0 Å². The molecule has 0 atom stereocenters. The Hall–Kier alpha value is -4.19. The number of nitrogens with one attached hydrogen (secondary N) is 1. The van der Waals surface area contributed by atoms with Crippen molar-refractivity contribution in [2.24, 2.45) is 16.1 Å². The fraction of sp³-hybridized carbons (Fsp3) is 0. The van der Waals surface area contributed by atoms with Gasteiger partial charge in [0.1, 0.15) is 0 Å². The van der Waals surface area contributed by atoms with Crippen LogP contribution in [-0.2, 0) is 4.79 Å². The smallest absolute Gasteiger partial charge is 0.248 e. The fourth-order valence-corrected chi connectivity index (χ4v) is 2.07. The number of primary amides is 1. The van der Waals surface area contributed by atoms with Gasteiger partial charge in [-0.2, -0.15) is 0 Å². The summed E-state index contributed by atoms with van der Waals surface area (Å²) in [7, 11) is 0. The number of carbonyl (C=O) groups excluding carboxylic acids is 1. The van der Waals surface area contributed by atoms with Gasteiger partial charge in [-0.15, -0.1) is 10.7 Å². The molecule has 29 heavy (non-hydrogen) atoms. The highest BCUT2D eigenvalue weighted by Crippen LogP contribution is 2.18. The van der Waals surface area contributed by atoms with E-state index in [0.717, 1.165) is 5.56 Å². The molecule has 0 aromatic heterocycles. The number of amides is 1. The number of rotatable bonds is 1. The molecule has 0 saturated carbocycles. The highest BCUT2D eigenvalue weighted by atomic mass is 16.7. The maximum atomic E-state index is 11.5. The summed E-state index contributed by atoms with van der Waals surface area (Å²) in [6.45, 7) is 0. The number of nitrogens with two attached hydrogens (primary N) is 1. The van der Waals surface area contributed by atoms with Gasteiger partial charge in [0.25, 0.3) is 0 Å². The number of fused-ring (bicyclic) bond motifs is 1. The second kappa shape index (κ2) is 13.1. The lowest BCUT2D eigenvalue weighted by atomic mass is 10.2. The van der Waals surface area contributed by atoms with Crippen LogP contribution in [0.1, 0.15) is 5.56 Å². The molecule has 1 amide bonds. The van der Waals surface area contributed by atoms with Gasteiger partial charge in [-0.05, 0) is 23.4 Å². The summed E-state index contributed by atoms with van der Waals surface area (Å²) in [4.78, 5) is 16.9. The summed E-state index contributed by atoms with van der Waals surface area (Å²) in [5.74, 6) is 0.0258. The largest absolute Gasteiger partial charge is 0.366 e. The summed E-state index contributed by atoms with van der Waals surface area (Å²) in [6.07, 6.45) is 26.9. The number of carbonyl (C=O) groups is 1. The number of allylic oxidation sites excluding steroid dienone is 12. The number of hydrogen-bond donors (Lipinski definition) is 2. The Bertz CT molecular complexity index is 945. The molecule has 0 unspecified atom stereocenters. The molecule has 1 aromatic carbocycles. The van der Waals surface area contributed by atoms with Crippen LogP contribution in [0.15, 0.2) is 125 Å². The van der Waals surface area contributed by atoms with Crippen LogP contribution in [0.2, 0.25) is 0 Å². The normalized spacial score (nSPS) is 25.4. The molecule has 3 N–H and O–H groups in total. The molecule has 0 radical (unpaired) electrons. The van der Waals surface area contributed by atoms with E-state index < -0.39 is 5.91 Å². The van der Waals surface area contributed by atoms with Crippen molar-refractivity contribution < 1.29 is 9.63 Å². The lowest BCUT2D eigenvalue weighted by molar-refractivity contribution is -0.114. The first-order valence-electron chi connectivity index (χ1n) is 8.86. The molecule has 1 aromatic rings. The summed E-state index contributed by atoms with van der Waals surface area (Å²) < 4.78 is 0. The third kappa shape index (κ3) is 8.83. The molecule has 1 heterocycles. The third-order valence-corrected chi connectivity index (χ3v) is 3.44. The Morgan fingerprint density at radius 1 is 0.828 bits per heavy atom. The summed E-state index contributed by atoms with van der Waals surface area (Å²) >= 11 is 0. The van der Waals surface area contributed by atoms with Crippen molar-refractivity contribution in [1.82, 2.24) is 5.59 Å². The van der Waals surface area contributed by atoms with Crippen LogP contribution in [0.25, 0.3) is 6.08 Å². The molecule has 1 aliphatic rings.